The first-order valence-corrected chi connectivity index (χ1v) is 8.03. The maximum absolute atomic E-state index is 12.2. The summed E-state index contributed by atoms with van der Waals surface area (Å²) in [4.78, 5) is 24.3. The van der Waals surface area contributed by atoms with Crippen LogP contribution in [0.4, 0.5) is 0 Å². The lowest BCUT2D eigenvalue weighted by atomic mass is 10.1. The molecule has 6 heteroatoms. The molecule has 1 atom stereocenters. The van der Waals surface area contributed by atoms with Crippen LogP contribution in [0.2, 0.25) is 10.0 Å². The topological polar surface area (TPSA) is 54.4 Å². The van der Waals surface area contributed by atoms with E-state index in [1.165, 1.54) is 0 Å². The third-order valence-electron chi connectivity index (χ3n) is 2.90. The van der Waals surface area contributed by atoms with Gasteiger partial charge in [0.05, 0.1) is 0 Å². The van der Waals surface area contributed by atoms with Gasteiger partial charge < -0.3 is 5.11 Å². The molecule has 0 fully saturated rings. The van der Waals surface area contributed by atoms with Gasteiger partial charge in [-0.05, 0) is 48.5 Å². The molecule has 1 N–H and O–H groups in total. The maximum Gasteiger partial charge on any atom is 0.317 e. The Labute approximate surface area is 142 Å². The summed E-state index contributed by atoms with van der Waals surface area (Å²) < 4.78 is 0. The fourth-order valence-corrected chi connectivity index (χ4v) is 2.99. The van der Waals surface area contributed by atoms with Crippen molar-refractivity contribution < 1.29 is 14.7 Å². The third kappa shape index (κ3) is 4.77. The molecular formula is C16H12Cl2O3S. The molecule has 0 aliphatic carbocycles. The van der Waals surface area contributed by atoms with Crippen molar-refractivity contribution >= 4 is 46.7 Å². The van der Waals surface area contributed by atoms with E-state index < -0.39 is 11.2 Å². The highest BCUT2D eigenvalue weighted by Gasteiger charge is 2.23. The average molecular weight is 355 g/mol. The van der Waals surface area contributed by atoms with Crippen molar-refractivity contribution in [2.24, 2.45) is 0 Å². The number of carboxylic acid groups (broad SMARTS) is 1. The van der Waals surface area contributed by atoms with Crippen LogP contribution in [0.25, 0.3) is 0 Å². The van der Waals surface area contributed by atoms with Crippen LogP contribution in [-0.4, -0.2) is 22.1 Å². The van der Waals surface area contributed by atoms with Crippen molar-refractivity contribution in [1.82, 2.24) is 0 Å². The molecule has 0 aromatic heterocycles. The lowest BCUT2D eigenvalue weighted by molar-refractivity contribution is -0.136. The Morgan fingerprint density at radius 1 is 0.955 bits per heavy atom. The van der Waals surface area contributed by atoms with E-state index in [4.69, 9.17) is 23.2 Å². The van der Waals surface area contributed by atoms with E-state index in [9.17, 15) is 14.7 Å². The van der Waals surface area contributed by atoms with E-state index >= 15 is 0 Å². The second-order valence-corrected chi connectivity index (χ2v) is 6.68. The lowest BCUT2D eigenvalue weighted by Gasteiger charge is -2.11. The standard InChI is InChI=1S/C16H12Cl2O3S/c17-11-3-1-10(2-4-11)14(19)9-15(16(20)21)22-13-7-5-12(18)6-8-13/h1-8,15H,9H2,(H,20,21)/t15-/m0/s1. The number of benzene rings is 2. The van der Waals surface area contributed by atoms with Gasteiger partial charge in [0.1, 0.15) is 5.25 Å². The molecule has 3 nitrogen and oxygen atoms in total. The van der Waals surface area contributed by atoms with E-state index in [-0.39, 0.29) is 12.2 Å². The van der Waals surface area contributed by atoms with E-state index in [1.54, 1.807) is 48.5 Å². The van der Waals surface area contributed by atoms with Crippen LogP contribution in [0.5, 0.6) is 0 Å². The van der Waals surface area contributed by atoms with Crippen molar-refractivity contribution in [2.45, 2.75) is 16.6 Å². The number of rotatable bonds is 6. The van der Waals surface area contributed by atoms with Crippen molar-refractivity contribution in [3.8, 4) is 0 Å². The maximum atomic E-state index is 12.2. The van der Waals surface area contributed by atoms with Gasteiger partial charge in [0.25, 0.3) is 0 Å². The van der Waals surface area contributed by atoms with E-state index in [0.717, 1.165) is 16.7 Å². The Morgan fingerprint density at radius 2 is 1.45 bits per heavy atom. The predicted molar refractivity (Wildman–Crippen MR) is 89.1 cm³/mol. The van der Waals surface area contributed by atoms with E-state index in [2.05, 4.69) is 0 Å². The van der Waals surface area contributed by atoms with Crippen molar-refractivity contribution in [3.05, 3.63) is 64.1 Å². The minimum atomic E-state index is -1.03. The summed E-state index contributed by atoms with van der Waals surface area (Å²) in [6, 6.07) is 13.2. The molecule has 22 heavy (non-hydrogen) atoms. The summed E-state index contributed by atoms with van der Waals surface area (Å²) in [5.74, 6) is -1.26. The molecule has 2 aromatic rings. The third-order valence-corrected chi connectivity index (χ3v) is 4.61. The fourth-order valence-electron chi connectivity index (χ4n) is 1.78. The summed E-state index contributed by atoms with van der Waals surface area (Å²) in [7, 11) is 0. The number of thioether (sulfide) groups is 1. The number of halogens is 2. The van der Waals surface area contributed by atoms with E-state index in [1.807, 2.05) is 0 Å². The molecule has 0 aliphatic heterocycles. The molecule has 114 valence electrons. The number of aliphatic carboxylic acids is 1. The van der Waals surface area contributed by atoms with Gasteiger partial charge in [0, 0.05) is 26.9 Å². The molecule has 0 unspecified atom stereocenters. The van der Waals surface area contributed by atoms with Gasteiger partial charge in [-0.25, -0.2) is 0 Å². The van der Waals surface area contributed by atoms with Crippen molar-refractivity contribution in [3.63, 3.8) is 0 Å². The second kappa shape index (κ2) is 7.68. The Hall–Kier alpha value is -1.49. The summed E-state index contributed by atoms with van der Waals surface area (Å²) >= 11 is 12.7. The molecule has 0 heterocycles. The number of carbonyl (C=O) groups is 2. The Kier molecular flexibility index (Phi) is 5.89. The molecule has 2 rings (SSSR count). The lowest BCUT2D eigenvalue weighted by Crippen LogP contribution is -2.20. The first kappa shape index (κ1) is 16.9. The van der Waals surface area contributed by atoms with E-state index in [0.29, 0.717) is 15.6 Å². The summed E-state index contributed by atoms with van der Waals surface area (Å²) in [5.41, 5.74) is 0.451. The normalized spacial score (nSPS) is 11.9. The van der Waals surface area contributed by atoms with Crippen LogP contribution in [0, 0.1) is 0 Å². The Morgan fingerprint density at radius 3 is 1.95 bits per heavy atom. The number of ketones is 1. The minimum absolute atomic E-state index is 0.0930. The van der Waals surface area contributed by atoms with Crippen LogP contribution < -0.4 is 0 Å². The smallest absolute Gasteiger partial charge is 0.317 e. The van der Waals surface area contributed by atoms with Gasteiger partial charge in [0.2, 0.25) is 0 Å². The molecule has 0 aliphatic rings. The summed E-state index contributed by atoms with van der Waals surface area (Å²) in [6.45, 7) is 0. The van der Waals surface area contributed by atoms with Crippen LogP contribution in [0.15, 0.2) is 53.4 Å². The average Bonchev–Trinajstić information content (AvgIpc) is 2.49. The molecule has 0 saturated carbocycles. The number of Topliss-reactive ketones (excluding diaryl/α,β-unsaturated/α-hetero) is 1. The van der Waals surface area contributed by atoms with Crippen LogP contribution in [0.1, 0.15) is 16.8 Å². The monoisotopic (exact) mass is 354 g/mol. The highest BCUT2D eigenvalue weighted by Crippen LogP contribution is 2.28. The van der Waals surface area contributed by atoms with Gasteiger partial charge in [-0.15, -0.1) is 11.8 Å². The SMILES string of the molecule is O=C(C[C@H](Sc1ccc(Cl)cc1)C(=O)O)c1ccc(Cl)cc1. The highest BCUT2D eigenvalue weighted by atomic mass is 35.5. The fraction of sp³-hybridized carbons (Fsp3) is 0.125. The van der Waals surface area contributed by atoms with Crippen LogP contribution in [-0.2, 0) is 4.79 Å². The van der Waals surface area contributed by atoms with Crippen molar-refractivity contribution in [1.29, 1.82) is 0 Å². The zero-order valence-corrected chi connectivity index (χ0v) is 13.7. The molecular weight excluding hydrogens is 343 g/mol. The first-order valence-electron chi connectivity index (χ1n) is 6.39. The molecule has 0 amide bonds. The van der Waals surface area contributed by atoms with Gasteiger partial charge in [-0.1, -0.05) is 23.2 Å². The largest absolute Gasteiger partial charge is 0.480 e. The summed E-state index contributed by atoms with van der Waals surface area (Å²) in [6.07, 6.45) is -0.0930. The minimum Gasteiger partial charge on any atom is -0.480 e. The molecule has 0 bridgehead atoms. The number of hydrogen-bond donors (Lipinski definition) is 1. The Balaban J connectivity index is 2.08. The quantitative estimate of drug-likeness (QED) is 0.597. The molecule has 0 spiro atoms. The van der Waals surface area contributed by atoms with Gasteiger partial charge >= 0.3 is 5.97 Å². The zero-order chi connectivity index (χ0) is 16.1. The molecule has 2 aromatic carbocycles. The Bertz CT molecular complexity index is 669. The number of hydrogen-bond acceptors (Lipinski definition) is 3. The zero-order valence-electron chi connectivity index (χ0n) is 11.3. The molecule has 0 radical (unpaired) electrons. The highest BCUT2D eigenvalue weighted by molar-refractivity contribution is 8.00. The van der Waals surface area contributed by atoms with Gasteiger partial charge in [-0.2, -0.15) is 0 Å². The molecule has 0 saturated heterocycles. The predicted octanol–water partition coefficient (Wildman–Crippen LogP) is 4.81. The van der Waals surface area contributed by atoms with Crippen molar-refractivity contribution in [2.75, 3.05) is 0 Å². The number of carbonyl (C=O) groups excluding carboxylic acids is 1. The van der Waals surface area contributed by atoms with Crippen LogP contribution in [0.3, 0.4) is 0 Å². The van der Waals surface area contributed by atoms with Gasteiger partial charge in [-0.3, -0.25) is 9.59 Å². The second-order valence-electron chi connectivity index (χ2n) is 4.53. The van der Waals surface area contributed by atoms with Gasteiger partial charge in [0.15, 0.2) is 5.78 Å². The first-order chi connectivity index (χ1) is 10.5. The summed E-state index contributed by atoms with van der Waals surface area (Å²) in [5, 5.41) is 9.56. The van der Waals surface area contributed by atoms with Crippen LogP contribution >= 0.6 is 35.0 Å². The number of carboxylic acids is 1.